The number of rotatable bonds is 7. The molecule has 0 heterocycles. The first-order valence-electron chi connectivity index (χ1n) is 10.0. The Kier molecular flexibility index (Phi) is 7.82. The van der Waals surface area contributed by atoms with Crippen molar-refractivity contribution in [2.75, 3.05) is 21.1 Å². The van der Waals surface area contributed by atoms with Crippen LogP contribution >= 0.6 is 7.41 Å². The molecule has 7 nitrogen and oxygen atoms in total. The van der Waals surface area contributed by atoms with Crippen LogP contribution in [-0.2, 0) is 11.3 Å². The van der Waals surface area contributed by atoms with Crippen LogP contribution < -0.4 is 31.3 Å². The lowest BCUT2D eigenvalue weighted by molar-refractivity contribution is 0.142. The second-order valence-electron chi connectivity index (χ2n) is 6.77. The van der Waals surface area contributed by atoms with Gasteiger partial charge in [-0.05, 0) is 42.0 Å². The van der Waals surface area contributed by atoms with E-state index in [0.29, 0.717) is 5.75 Å². The SMILES string of the molecule is C[N-][P+](c1ccccc1)(c1ccccc1)c1cc(COC(=O)NC)ccc1OC(=O)NC. The van der Waals surface area contributed by atoms with Gasteiger partial charge in [-0.25, -0.2) is 9.59 Å². The molecular formula is C24H26N3O4P. The van der Waals surface area contributed by atoms with Gasteiger partial charge < -0.3 is 25.2 Å². The van der Waals surface area contributed by atoms with Gasteiger partial charge in [-0.2, -0.15) is 0 Å². The number of carbonyl (C=O) groups excluding carboxylic acids is 2. The third kappa shape index (κ3) is 4.90. The summed E-state index contributed by atoms with van der Waals surface area (Å²) in [6.07, 6.45) is -1.10. The van der Waals surface area contributed by atoms with E-state index in [1.807, 2.05) is 66.7 Å². The van der Waals surface area contributed by atoms with Crippen LogP contribution in [0, 0.1) is 0 Å². The van der Waals surface area contributed by atoms with Gasteiger partial charge in [-0.1, -0.05) is 42.5 Å². The highest BCUT2D eigenvalue weighted by atomic mass is 31.2. The van der Waals surface area contributed by atoms with Gasteiger partial charge in [-0.15, -0.1) is 7.05 Å². The van der Waals surface area contributed by atoms with Crippen LogP contribution in [0.2, 0.25) is 0 Å². The van der Waals surface area contributed by atoms with Crippen LogP contribution in [0.15, 0.2) is 78.9 Å². The zero-order valence-corrected chi connectivity index (χ0v) is 19.1. The van der Waals surface area contributed by atoms with E-state index in [4.69, 9.17) is 14.6 Å². The van der Waals surface area contributed by atoms with Gasteiger partial charge >= 0.3 is 12.2 Å². The average Bonchev–Trinajstić information content (AvgIpc) is 2.85. The lowest BCUT2D eigenvalue weighted by atomic mass is 10.2. The highest BCUT2D eigenvalue weighted by molar-refractivity contribution is 7.98. The molecule has 3 aromatic carbocycles. The monoisotopic (exact) mass is 451 g/mol. The van der Waals surface area contributed by atoms with Crippen LogP contribution in [0.5, 0.6) is 5.75 Å². The zero-order chi connectivity index (χ0) is 23.0. The molecule has 0 fully saturated rings. The Labute approximate surface area is 188 Å². The average molecular weight is 451 g/mol. The maximum Gasteiger partial charge on any atom is 0.412 e. The van der Waals surface area contributed by atoms with Gasteiger partial charge in [0.1, 0.15) is 11.9 Å². The number of nitrogens with one attached hydrogen (secondary N) is 2. The van der Waals surface area contributed by atoms with Crippen LogP contribution in [0.3, 0.4) is 0 Å². The minimum atomic E-state index is -2.56. The van der Waals surface area contributed by atoms with Crippen molar-refractivity contribution in [2.45, 2.75) is 6.61 Å². The summed E-state index contributed by atoms with van der Waals surface area (Å²) >= 11 is 0. The molecule has 0 aliphatic heterocycles. The Morgan fingerprint density at radius 1 is 0.844 bits per heavy atom. The highest BCUT2D eigenvalue weighted by Gasteiger charge is 2.39. The Hall–Kier alpha value is -3.41. The van der Waals surface area contributed by atoms with Crippen molar-refractivity contribution in [1.29, 1.82) is 0 Å². The number of carbonyl (C=O) groups is 2. The van der Waals surface area contributed by atoms with E-state index < -0.39 is 19.6 Å². The Bertz CT molecular complexity index is 1020. The standard InChI is InChI=1S/C24H26N3O4P/c1-25-23(28)30-17-18-14-15-21(31-24(29)26-2)22(16-18)32(27-3,19-10-6-4-7-11-19)20-12-8-5-9-13-20/h4-16H,17H2,1-3H3,(H,25,28)(H,26,29). The summed E-state index contributed by atoms with van der Waals surface area (Å²) in [4.78, 5) is 23.7. The summed E-state index contributed by atoms with van der Waals surface area (Å²) in [5, 5.41) is 12.7. The van der Waals surface area contributed by atoms with Gasteiger partial charge in [0.15, 0.2) is 5.75 Å². The fourth-order valence-electron chi connectivity index (χ4n) is 3.42. The van der Waals surface area contributed by atoms with Crippen molar-refractivity contribution in [2.24, 2.45) is 0 Å². The van der Waals surface area contributed by atoms with E-state index in [0.717, 1.165) is 21.5 Å². The normalized spacial score (nSPS) is 10.8. The van der Waals surface area contributed by atoms with E-state index in [1.165, 1.54) is 14.1 Å². The number of hydrogen-bond donors (Lipinski definition) is 2. The second-order valence-corrected chi connectivity index (χ2v) is 9.96. The number of benzene rings is 3. The fraction of sp³-hybridized carbons (Fsp3) is 0.167. The molecule has 0 bridgehead atoms. The summed E-state index contributed by atoms with van der Waals surface area (Å²) in [5.41, 5.74) is 0.757. The Morgan fingerprint density at radius 2 is 1.41 bits per heavy atom. The number of amides is 2. The second kappa shape index (κ2) is 10.8. The first-order valence-corrected chi connectivity index (χ1v) is 11.8. The molecule has 0 aromatic heterocycles. The Morgan fingerprint density at radius 3 is 1.91 bits per heavy atom. The van der Waals surface area contributed by atoms with Crippen LogP contribution in [0.25, 0.3) is 5.09 Å². The minimum absolute atomic E-state index is 0.0697. The summed E-state index contributed by atoms with van der Waals surface area (Å²) in [5.74, 6) is 0.402. The van der Waals surface area contributed by atoms with Gasteiger partial charge in [0.25, 0.3) is 0 Å². The molecule has 166 valence electrons. The molecule has 0 aliphatic rings. The van der Waals surface area contributed by atoms with Crippen molar-refractivity contribution in [3.05, 3.63) is 89.5 Å². The topological polar surface area (TPSA) is 90.8 Å². The molecule has 0 radical (unpaired) electrons. The van der Waals surface area contributed by atoms with Crippen LogP contribution in [-0.4, -0.2) is 33.3 Å². The summed E-state index contributed by atoms with van der Waals surface area (Å²) < 4.78 is 10.9. The maximum absolute atomic E-state index is 12.1. The molecule has 3 rings (SSSR count). The molecule has 0 saturated heterocycles. The first kappa shape index (κ1) is 23.3. The van der Waals surface area contributed by atoms with E-state index in [-0.39, 0.29) is 6.61 Å². The molecule has 0 atom stereocenters. The summed E-state index contributed by atoms with van der Waals surface area (Å²) in [6.45, 7) is 0.0697. The summed E-state index contributed by atoms with van der Waals surface area (Å²) in [7, 11) is 2.24. The van der Waals surface area contributed by atoms with Gasteiger partial charge in [-0.3, -0.25) is 0 Å². The van der Waals surface area contributed by atoms with E-state index >= 15 is 0 Å². The third-order valence-corrected chi connectivity index (χ3v) is 8.65. The smallest absolute Gasteiger partial charge is 0.412 e. The van der Waals surface area contributed by atoms with Crippen molar-refractivity contribution in [3.63, 3.8) is 0 Å². The van der Waals surface area contributed by atoms with Crippen molar-refractivity contribution in [3.8, 4) is 5.75 Å². The number of alkyl carbamates (subject to hydrolysis) is 1. The van der Waals surface area contributed by atoms with Gasteiger partial charge in [0.05, 0.1) is 10.6 Å². The molecule has 0 saturated carbocycles. The zero-order valence-electron chi connectivity index (χ0n) is 18.2. The molecule has 0 aliphatic carbocycles. The maximum atomic E-state index is 12.1. The summed E-state index contributed by atoms with van der Waals surface area (Å²) in [6, 6.07) is 25.3. The molecule has 3 aromatic rings. The van der Waals surface area contributed by atoms with E-state index in [9.17, 15) is 9.59 Å². The van der Waals surface area contributed by atoms with Crippen molar-refractivity contribution >= 4 is 35.5 Å². The molecule has 2 N–H and O–H groups in total. The first-order chi connectivity index (χ1) is 15.5. The molecule has 32 heavy (non-hydrogen) atoms. The fourth-order valence-corrected chi connectivity index (χ4v) is 6.95. The quantitative estimate of drug-likeness (QED) is 0.538. The predicted octanol–water partition coefficient (Wildman–Crippen LogP) is 3.47. The predicted molar refractivity (Wildman–Crippen MR) is 129 cm³/mol. The largest absolute Gasteiger partial charge is 0.479 e. The number of nitrogens with zero attached hydrogens (tertiary/aromatic N) is 1. The van der Waals surface area contributed by atoms with E-state index in [1.54, 1.807) is 19.2 Å². The highest BCUT2D eigenvalue weighted by Crippen LogP contribution is 2.61. The minimum Gasteiger partial charge on any atom is -0.479 e. The third-order valence-electron chi connectivity index (χ3n) is 4.91. The van der Waals surface area contributed by atoms with Crippen molar-refractivity contribution < 1.29 is 19.1 Å². The molecular weight excluding hydrogens is 425 g/mol. The molecule has 0 unspecified atom stereocenters. The molecule has 2 amide bonds. The lowest BCUT2D eigenvalue weighted by Crippen LogP contribution is -2.33. The molecule has 0 spiro atoms. The van der Waals surface area contributed by atoms with Crippen LogP contribution in [0.4, 0.5) is 9.59 Å². The van der Waals surface area contributed by atoms with Crippen molar-refractivity contribution in [1.82, 2.24) is 10.6 Å². The van der Waals surface area contributed by atoms with Gasteiger partial charge in [0, 0.05) is 21.5 Å². The molecule has 8 heteroatoms. The number of hydrogen-bond acceptors (Lipinski definition) is 4. The van der Waals surface area contributed by atoms with Crippen LogP contribution in [0.1, 0.15) is 5.56 Å². The number of ether oxygens (including phenoxy) is 2. The Balaban J connectivity index is 2.25. The van der Waals surface area contributed by atoms with Gasteiger partial charge in [0.2, 0.25) is 0 Å². The van der Waals surface area contributed by atoms with E-state index in [2.05, 4.69) is 10.6 Å². The lowest BCUT2D eigenvalue weighted by Gasteiger charge is -2.37.